The molecule has 0 aliphatic heterocycles. The Bertz CT molecular complexity index is 194. The Balaban J connectivity index is 2.80. The van der Waals surface area contributed by atoms with Crippen molar-refractivity contribution in [3.05, 3.63) is 0 Å². The molecule has 0 heterocycles. The number of hydrogen-bond acceptors (Lipinski definition) is 1. The molecule has 15 heavy (non-hydrogen) atoms. The van der Waals surface area contributed by atoms with Crippen LogP contribution in [0.3, 0.4) is 0 Å². The molecule has 0 unspecified atom stereocenters. The second kappa shape index (κ2) is 5.64. The van der Waals surface area contributed by atoms with Crippen molar-refractivity contribution in [3.8, 4) is 0 Å². The summed E-state index contributed by atoms with van der Waals surface area (Å²) in [6.07, 6.45) is 9.56. The van der Waals surface area contributed by atoms with Crippen LogP contribution in [0.15, 0.2) is 0 Å². The van der Waals surface area contributed by atoms with Crippen LogP contribution < -0.4 is 0 Å². The minimum Gasteiger partial charge on any atom is -0.178 e. The predicted molar refractivity (Wildman–Crippen MR) is 79.2 cm³/mol. The molecule has 0 saturated heterocycles. The highest BCUT2D eigenvalue weighted by atomic mass is 36.0. The van der Waals surface area contributed by atoms with Crippen LogP contribution in [0.25, 0.3) is 0 Å². The Morgan fingerprint density at radius 3 is 1.60 bits per heavy atom. The van der Waals surface area contributed by atoms with E-state index in [0.717, 1.165) is 12.8 Å². The molecule has 1 rings (SSSR count). The molecule has 1 nitrogen and oxygen atoms in total. The van der Waals surface area contributed by atoms with Crippen LogP contribution in [0.4, 0.5) is 0 Å². The highest BCUT2D eigenvalue weighted by Crippen LogP contribution is 2.75. The van der Waals surface area contributed by atoms with E-state index in [1.54, 1.807) is 0 Å². The number of hydrogen-bond donors (Lipinski definition) is 0. The average Bonchev–Trinajstić information content (AvgIpc) is 2.00. The molecule has 1 aliphatic rings. The maximum atomic E-state index is 6.24. The molecule has 1 fully saturated rings. The molecule has 0 spiro atoms. The summed E-state index contributed by atoms with van der Waals surface area (Å²) in [6, 6.07) is 0.351. The van der Waals surface area contributed by atoms with Crippen molar-refractivity contribution < 1.29 is 0 Å². The highest BCUT2D eigenvalue weighted by Gasteiger charge is 2.39. The monoisotopic (exact) mass is 331 g/mol. The zero-order valence-corrected chi connectivity index (χ0v) is 13.5. The third kappa shape index (κ3) is 4.53. The average molecular weight is 333 g/mol. The van der Waals surface area contributed by atoms with Crippen molar-refractivity contribution in [3.63, 3.8) is 0 Å². The third-order valence-corrected chi connectivity index (χ3v) is 8.92. The van der Waals surface area contributed by atoms with Gasteiger partial charge in [-0.2, -0.15) is 3.71 Å². The second-order valence-electron chi connectivity index (χ2n) is 3.95. The Morgan fingerprint density at radius 1 is 0.867 bits per heavy atom. The van der Waals surface area contributed by atoms with Crippen molar-refractivity contribution in [2.24, 2.45) is 0 Å². The summed E-state index contributed by atoms with van der Waals surface area (Å²) in [5, 5.41) is 0. The topological polar surface area (TPSA) is 3.24 Å². The van der Waals surface area contributed by atoms with E-state index in [9.17, 15) is 0 Å². The summed E-state index contributed by atoms with van der Waals surface area (Å²) in [6.45, 7) is 0. The Morgan fingerprint density at radius 2 is 1.27 bits per heavy atom. The van der Waals surface area contributed by atoms with Crippen LogP contribution in [0.1, 0.15) is 32.1 Å². The van der Waals surface area contributed by atoms with Gasteiger partial charge in [0.15, 0.2) is 0 Å². The molecule has 0 radical (unpaired) electrons. The largest absolute Gasteiger partial charge is 0.178 e. The van der Waals surface area contributed by atoms with Crippen molar-refractivity contribution in [2.75, 3.05) is 12.5 Å². The van der Waals surface area contributed by atoms with Crippen LogP contribution in [-0.2, 0) is 0 Å². The van der Waals surface area contributed by atoms with Crippen LogP contribution in [0.2, 0.25) is 0 Å². The fraction of sp³-hybridized carbons (Fsp3) is 1.00. The van der Waals surface area contributed by atoms with E-state index < -0.39 is 17.3 Å². The van der Waals surface area contributed by atoms with Gasteiger partial charge < -0.3 is 0 Å². The standard InChI is InChI=1S/C8H17Cl4NS2/c1-14(9,10)13(15(2,11)12)8-6-4-3-5-7-8/h8H,3-7H2,1-2H3. The SMILES string of the molecule is CS(Cl)(Cl)N(C1CCCCC1)S(C)(Cl)Cl. The fourth-order valence-electron chi connectivity index (χ4n) is 2.05. The molecule has 0 aromatic rings. The van der Waals surface area contributed by atoms with Crippen LogP contribution in [0, 0.1) is 0 Å². The van der Waals surface area contributed by atoms with E-state index >= 15 is 0 Å². The maximum Gasteiger partial charge on any atom is 0.0326 e. The molecule has 1 saturated carbocycles. The van der Waals surface area contributed by atoms with Crippen LogP contribution in [-0.4, -0.2) is 22.3 Å². The molecular formula is C8H17Cl4NS2. The summed E-state index contributed by atoms with van der Waals surface area (Å²) >= 11 is 0. The first-order valence-corrected chi connectivity index (χ1v) is 12.2. The van der Waals surface area contributed by atoms with Gasteiger partial charge in [0.1, 0.15) is 0 Å². The first-order chi connectivity index (χ1) is 6.73. The van der Waals surface area contributed by atoms with Gasteiger partial charge in [0.25, 0.3) is 0 Å². The zero-order valence-electron chi connectivity index (χ0n) is 8.89. The third-order valence-electron chi connectivity index (χ3n) is 2.50. The molecular weight excluding hydrogens is 316 g/mol. The van der Waals surface area contributed by atoms with Gasteiger partial charge in [-0.25, -0.2) is 0 Å². The lowest BCUT2D eigenvalue weighted by Crippen LogP contribution is -2.33. The Kier molecular flexibility index (Phi) is 5.59. The van der Waals surface area contributed by atoms with E-state index in [-0.39, 0.29) is 0 Å². The molecule has 0 bridgehead atoms. The second-order valence-corrected chi connectivity index (χ2v) is 15.9. The van der Waals surface area contributed by atoms with E-state index in [2.05, 4.69) is 0 Å². The molecule has 7 heteroatoms. The van der Waals surface area contributed by atoms with Crippen molar-refractivity contribution in [1.82, 2.24) is 3.71 Å². The minimum absolute atomic E-state index is 0.351. The normalized spacial score (nSPS) is 23.1. The molecule has 0 N–H and O–H groups in total. The van der Waals surface area contributed by atoms with Crippen LogP contribution >= 0.6 is 60.0 Å². The lowest BCUT2D eigenvalue weighted by atomic mass is 9.96. The van der Waals surface area contributed by atoms with Gasteiger partial charge in [-0.15, -0.1) is 0 Å². The van der Waals surface area contributed by atoms with Gasteiger partial charge in [-0.3, -0.25) is 0 Å². The van der Waals surface area contributed by atoms with Gasteiger partial charge in [0.2, 0.25) is 0 Å². The van der Waals surface area contributed by atoms with E-state index in [4.69, 9.17) is 42.7 Å². The smallest absolute Gasteiger partial charge is 0.0326 e. The van der Waals surface area contributed by atoms with Crippen molar-refractivity contribution in [2.45, 2.75) is 38.1 Å². The summed E-state index contributed by atoms with van der Waals surface area (Å²) < 4.78 is 1.96. The number of nitrogens with zero attached hydrogens (tertiary/aromatic N) is 1. The summed E-state index contributed by atoms with van der Waals surface area (Å²) in [7, 11) is 21.2. The van der Waals surface area contributed by atoms with E-state index in [0.29, 0.717) is 6.04 Å². The molecule has 0 aromatic heterocycles. The van der Waals surface area contributed by atoms with Gasteiger partial charge in [0, 0.05) is 18.6 Å². The zero-order chi connectivity index (χ0) is 11.7. The molecule has 0 atom stereocenters. The summed E-state index contributed by atoms with van der Waals surface area (Å²) in [5.74, 6) is 0. The number of rotatable bonds is 3. The quantitative estimate of drug-likeness (QED) is 0.618. The Hall–Kier alpha value is 1.82. The Labute approximate surface area is 114 Å². The number of halogens is 4. The lowest BCUT2D eigenvalue weighted by Gasteiger charge is -2.48. The minimum atomic E-state index is -1.87. The van der Waals surface area contributed by atoms with E-state index in [1.165, 1.54) is 19.3 Å². The fourth-order valence-corrected chi connectivity index (χ4v) is 11.8. The van der Waals surface area contributed by atoms with Crippen molar-refractivity contribution in [1.29, 1.82) is 0 Å². The first kappa shape index (κ1) is 14.9. The van der Waals surface area contributed by atoms with E-state index in [1.807, 2.05) is 16.2 Å². The highest BCUT2D eigenvalue weighted by molar-refractivity contribution is 8.75. The maximum absolute atomic E-state index is 6.24. The molecule has 94 valence electrons. The molecule has 0 aromatic carbocycles. The summed E-state index contributed by atoms with van der Waals surface area (Å²) in [5.41, 5.74) is 0. The predicted octanol–water partition coefficient (Wildman–Crippen LogP) is 5.94. The van der Waals surface area contributed by atoms with Gasteiger partial charge >= 0.3 is 0 Å². The van der Waals surface area contributed by atoms with Gasteiger partial charge in [0.05, 0.1) is 0 Å². The molecule has 0 amide bonds. The first-order valence-electron chi connectivity index (χ1n) is 4.87. The lowest BCUT2D eigenvalue weighted by molar-refractivity contribution is 0.360. The van der Waals surface area contributed by atoms with Gasteiger partial charge in [-0.05, 0) is 72.9 Å². The molecule has 1 aliphatic carbocycles. The van der Waals surface area contributed by atoms with Crippen LogP contribution in [0.5, 0.6) is 0 Å². The van der Waals surface area contributed by atoms with Gasteiger partial charge in [-0.1, -0.05) is 19.3 Å². The summed E-state index contributed by atoms with van der Waals surface area (Å²) in [4.78, 5) is 0. The van der Waals surface area contributed by atoms with Crippen molar-refractivity contribution >= 4 is 60.0 Å².